The molecule has 10 heteroatoms. The van der Waals surface area contributed by atoms with Crippen LogP contribution in [-0.4, -0.2) is 34.1 Å². The van der Waals surface area contributed by atoms with Crippen molar-refractivity contribution in [3.63, 3.8) is 0 Å². The van der Waals surface area contributed by atoms with Crippen molar-refractivity contribution in [1.82, 2.24) is 4.72 Å². The number of nitrogens with one attached hydrogen (secondary N) is 1. The molecule has 28 heavy (non-hydrogen) atoms. The average Bonchev–Trinajstić information content (AvgIpc) is 2.63. The van der Waals surface area contributed by atoms with Crippen molar-refractivity contribution in [3.8, 4) is 5.75 Å². The molecule has 0 radical (unpaired) electrons. The summed E-state index contributed by atoms with van der Waals surface area (Å²) in [4.78, 5) is 10.9. The maximum Gasteiger partial charge on any atom is 0.305 e. The van der Waals surface area contributed by atoms with Crippen LogP contribution in [0.2, 0.25) is 0 Å². The first-order chi connectivity index (χ1) is 13.3. The first kappa shape index (κ1) is 21.7. The number of sulfonamides is 1. The summed E-state index contributed by atoms with van der Waals surface area (Å²) >= 11 is 0. The largest absolute Gasteiger partial charge is 0.490 e. The summed E-state index contributed by atoms with van der Waals surface area (Å²) in [6, 6.07) is 7.48. The minimum Gasteiger partial charge on any atom is -0.490 e. The van der Waals surface area contributed by atoms with Gasteiger partial charge >= 0.3 is 5.97 Å². The van der Waals surface area contributed by atoms with Crippen LogP contribution < -0.4 is 9.46 Å². The molecule has 2 aromatic carbocycles. The number of hydrogen-bond donors (Lipinski definition) is 1. The molecule has 152 valence electrons. The zero-order valence-electron chi connectivity index (χ0n) is 14.7. The van der Waals surface area contributed by atoms with Crippen molar-refractivity contribution in [2.75, 3.05) is 19.8 Å². The zero-order valence-corrected chi connectivity index (χ0v) is 15.5. The Morgan fingerprint density at radius 1 is 0.964 bits per heavy atom. The zero-order chi connectivity index (χ0) is 20.6. The minimum absolute atomic E-state index is 0.0251. The van der Waals surface area contributed by atoms with Crippen molar-refractivity contribution in [3.05, 3.63) is 59.9 Å². The first-order valence-corrected chi connectivity index (χ1v) is 9.75. The van der Waals surface area contributed by atoms with E-state index in [-0.39, 0.29) is 32.6 Å². The van der Waals surface area contributed by atoms with E-state index in [0.717, 1.165) is 12.1 Å². The molecular weight excluding hydrogens is 399 g/mol. The molecule has 0 spiro atoms. The Bertz CT molecular complexity index is 904. The van der Waals surface area contributed by atoms with Gasteiger partial charge in [0.25, 0.3) is 0 Å². The van der Waals surface area contributed by atoms with Gasteiger partial charge in [0.1, 0.15) is 41.3 Å². The number of esters is 1. The molecule has 1 N–H and O–H groups in total. The van der Waals surface area contributed by atoms with Crippen LogP contribution >= 0.6 is 0 Å². The lowest BCUT2D eigenvalue weighted by molar-refractivity contribution is -0.144. The summed E-state index contributed by atoms with van der Waals surface area (Å²) in [6.07, 6.45) is 0.0602. The van der Waals surface area contributed by atoms with Gasteiger partial charge in [0.05, 0.1) is 0 Å². The van der Waals surface area contributed by atoms with Gasteiger partial charge in [0.2, 0.25) is 10.0 Å². The van der Waals surface area contributed by atoms with E-state index in [1.54, 1.807) is 0 Å². The number of ether oxygens (including phenoxy) is 2. The smallest absolute Gasteiger partial charge is 0.305 e. The lowest BCUT2D eigenvalue weighted by Crippen LogP contribution is -2.26. The predicted octanol–water partition coefficient (Wildman–Crippen LogP) is 2.78. The van der Waals surface area contributed by atoms with Crippen molar-refractivity contribution < 1.29 is 35.9 Å². The van der Waals surface area contributed by atoms with Gasteiger partial charge in [-0.3, -0.25) is 4.79 Å². The number of halogens is 3. The van der Waals surface area contributed by atoms with Crippen LogP contribution in [0.15, 0.2) is 47.4 Å². The minimum atomic E-state index is -4.15. The normalized spacial score (nSPS) is 11.2. The fourth-order valence-electron chi connectivity index (χ4n) is 2.13. The molecule has 0 atom stereocenters. The van der Waals surface area contributed by atoms with Crippen LogP contribution in [0.5, 0.6) is 5.75 Å². The molecule has 6 nitrogen and oxygen atoms in total. The second-order valence-corrected chi connectivity index (χ2v) is 7.33. The summed E-state index contributed by atoms with van der Waals surface area (Å²) in [6.45, 7) is -0.0725. The standard InChI is InChI=1S/C18H18F3NO5S/c19-13-3-6-15(7-4-13)26-10-11-27-18(23)2-1-9-22-28(24,25)17-8-5-14(20)12-16(17)21/h3-8,12,22H,1-2,9-11H2. The predicted molar refractivity (Wildman–Crippen MR) is 93.6 cm³/mol. The summed E-state index contributed by atoms with van der Waals surface area (Å²) in [7, 11) is -4.15. The van der Waals surface area contributed by atoms with Gasteiger partial charge in [-0.2, -0.15) is 0 Å². The van der Waals surface area contributed by atoms with Gasteiger partial charge in [-0.1, -0.05) is 0 Å². The maximum absolute atomic E-state index is 13.5. The number of hydrogen-bond acceptors (Lipinski definition) is 5. The molecule has 2 rings (SSSR count). The van der Waals surface area contributed by atoms with Crippen LogP contribution in [0.3, 0.4) is 0 Å². The lowest BCUT2D eigenvalue weighted by atomic mass is 10.3. The van der Waals surface area contributed by atoms with Crippen LogP contribution in [-0.2, 0) is 19.6 Å². The van der Waals surface area contributed by atoms with Crippen LogP contribution in [0, 0.1) is 17.5 Å². The van der Waals surface area contributed by atoms with Gasteiger partial charge in [0.15, 0.2) is 0 Å². The number of carbonyl (C=O) groups excluding carboxylic acids is 1. The molecule has 0 aliphatic carbocycles. The van der Waals surface area contributed by atoms with E-state index in [4.69, 9.17) is 9.47 Å². The molecular formula is C18H18F3NO5S. The molecule has 0 amide bonds. The Morgan fingerprint density at radius 2 is 1.64 bits per heavy atom. The molecule has 0 saturated heterocycles. The molecule has 0 aliphatic heterocycles. The Balaban J connectivity index is 1.64. The van der Waals surface area contributed by atoms with E-state index in [1.165, 1.54) is 24.3 Å². The fraction of sp³-hybridized carbons (Fsp3) is 0.278. The van der Waals surface area contributed by atoms with E-state index in [9.17, 15) is 26.4 Å². The van der Waals surface area contributed by atoms with E-state index in [2.05, 4.69) is 4.72 Å². The topological polar surface area (TPSA) is 81.7 Å². The Kier molecular flexibility index (Phi) is 7.82. The number of rotatable bonds is 10. The highest BCUT2D eigenvalue weighted by Crippen LogP contribution is 2.15. The van der Waals surface area contributed by atoms with Crippen molar-refractivity contribution >= 4 is 16.0 Å². The first-order valence-electron chi connectivity index (χ1n) is 8.26. The molecule has 0 aliphatic rings. The summed E-state index contributed by atoms with van der Waals surface area (Å²) < 4.78 is 75.3. The molecule has 0 saturated carbocycles. The van der Waals surface area contributed by atoms with E-state index in [1.807, 2.05) is 0 Å². The van der Waals surface area contributed by atoms with Gasteiger partial charge in [-0.15, -0.1) is 0 Å². The molecule has 0 bridgehead atoms. The Labute approximate surface area is 160 Å². The molecule has 0 unspecified atom stereocenters. The second-order valence-electron chi connectivity index (χ2n) is 5.60. The van der Waals surface area contributed by atoms with Crippen LogP contribution in [0.4, 0.5) is 13.2 Å². The highest BCUT2D eigenvalue weighted by atomic mass is 32.2. The van der Waals surface area contributed by atoms with Crippen molar-refractivity contribution in [2.24, 2.45) is 0 Å². The average molecular weight is 417 g/mol. The summed E-state index contributed by atoms with van der Waals surface area (Å²) in [5.41, 5.74) is 0. The number of carbonyl (C=O) groups is 1. The van der Waals surface area contributed by atoms with Crippen molar-refractivity contribution in [2.45, 2.75) is 17.7 Å². The van der Waals surface area contributed by atoms with E-state index in [0.29, 0.717) is 11.8 Å². The highest BCUT2D eigenvalue weighted by molar-refractivity contribution is 7.89. The van der Waals surface area contributed by atoms with Gasteiger partial charge in [-0.05, 0) is 42.8 Å². The maximum atomic E-state index is 13.5. The van der Waals surface area contributed by atoms with Crippen molar-refractivity contribution in [1.29, 1.82) is 0 Å². The van der Waals surface area contributed by atoms with Crippen LogP contribution in [0.25, 0.3) is 0 Å². The highest BCUT2D eigenvalue weighted by Gasteiger charge is 2.19. The van der Waals surface area contributed by atoms with Gasteiger partial charge < -0.3 is 9.47 Å². The molecule has 2 aromatic rings. The quantitative estimate of drug-likeness (QED) is 0.475. The third kappa shape index (κ3) is 6.86. The van der Waals surface area contributed by atoms with Gasteiger partial charge in [0, 0.05) is 19.0 Å². The summed E-state index contributed by atoms with van der Waals surface area (Å²) in [5, 5.41) is 0. The van der Waals surface area contributed by atoms with Gasteiger partial charge in [-0.25, -0.2) is 26.3 Å². The molecule has 0 fully saturated rings. The third-order valence-corrected chi connectivity index (χ3v) is 4.96. The molecule has 0 aromatic heterocycles. The lowest BCUT2D eigenvalue weighted by Gasteiger charge is -2.09. The van der Waals surface area contributed by atoms with E-state index >= 15 is 0 Å². The Morgan fingerprint density at radius 3 is 2.32 bits per heavy atom. The fourth-order valence-corrected chi connectivity index (χ4v) is 3.26. The number of benzene rings is 2. The van der Waals surface area contributed by atoms with Crippen LogP contribution in [0.1, 0.15) is 12.8 Å². The second kappa shape index (κ2) is 10.1. The third-order valence-electron chi connectivity index (χ3n) is 3.46. The summed E-state index contributed by atoms with van der Waals surface area (Å²) in [5.74, 6) is -2.61. The monoisotopic (exact) mass is 417 g/mol. The Hall–Kier alpha value is -2.59. The van der Waals surface area contributed by atoms with E-state index < -0.39 is 38.3 Å². The SMILES string of the molecule is O=C(CCCNS(=O)(=O)c1ccc(F)cc1F)OCCOc1ccc(F)cc1. The molecule has 0 heterocycles.